The van der Waals surface area contributed by atoms with E-state index in [1.807, 2.05) is 20.0 Å². The summed E-state index contributed by atoms with van der Waals surface area (Å²) in [7, 11) is 0. The van der Waals surface area contributed by atoms with Gasteiger partial charge in [-0.05, 0) is 6.20 Å². The van der Waals surface area contributed by atoms with Gasteiger partial charge in [-0.25, -0.2) is 0 Å². The van der Waals surface area contributed by atoms with Gasteiger partial charge in [0.15, 0.2) is 0 Å². The van der Waals surface area contributed by atoms with E-state index < -0.39 is 0 Å². The molecule has 0 amide bonds. The number of piperazine rings is 1. The molecule has 2 heteroatoms. The van der Waals surface area contributed by atoms with Gasteiger partial charge in [-0.2, -0.15) is 0 Å². The van der Waals surface area contributed by atoms with E-state index in [-0.39, 0.29) is 0 Å². The maximum Gasteiger partial charge on any atom is 0.0298 e. The van der Waals surface area contributed by atoms with Gasteiger partial charge < -0.3 is 10.2 Å². The largest absolute Gasteiger partial charge is 0.375 e. The van der Waals surface area contributed by atoms with Crippen molar-refractivity contribution in [1.82, 2.24) is 10.2 Å². The molecule has 0 aromatic rings. The summed E-state index contributed by atoms with van der Waals surface area (Å²) in [6, 6.07) is 0. The molecule has 0 saturated carbocycles. The Morgan fingerprint density at radius 2 is 1.80 bits per heavy atom. The first-order valence-electron chi connectivity index (χ1n) is 4.01. The van der Waals surface area contributed by atoms with Crippen LogP contribution >= 0.6 is 0 Å². The van der Waals surface area contributed by atoms with E-state index >= 15 is 0 Å². The van der Waals surface area contributed by atoms with E-state index in [1.54, 1.807) is 0 Å². The monoisotopic (exact) mass is 142 g/mol. The predicted molar refractivity (Wildman–Crippen MR) is 46.0 cm³/mol. The first-order valence-corrected chi connectivity index (χ1v) is 4.01. The van der Waals surface area contributed by atoms with Gasteiger partial charge in [-0.3, -0.25) is 0 Å². The Bertz CT molecular complexity index is 75.3. The van der Waals surface area contributed by atoms with Crippen LogP contribution in [0.4, 0.5) is 0 Å². The first kappa shape index (κ1) is 9.50. The molecule has 1 fully saturated rings. The fourth-order valence-corrected chi connectivity index (χ4v) is 0.865. The topological polar surface area (TPSA) is 15.3 Å². The summed E-state index contributed by atoms with van der Waals surface area (Å²) in [5, 5.41) is 3.26. The summed E-state index contributed by atoms with van der Waals surface area (Å²) in [5.74, 6) is 0. The lowest BCUT2D eigenvalue weighted by molar-refractivity contribution is 0.325. The van der Waals surface area contributed by atoms with Gasteiger partial charge in [0.05, 0.1) is 0 Å². The third-order valence-corrected chi connectivity index (χ3v) is 1.41. The summed E-state index contributed by atoms with van der Waals surface area (Å²) in [6.07, 6.45) is 1.90. The normalized spacial score (nSPS) is 17.2. The van der Waals surface area contributed by atoms with Crippen molar-refractivity contribution in [3.8, 4) is 0 Å². The second kappa shape index (κ2) is 6.62. The second-order valence-electron chi connectivity index (χ2n) is 1.97. The molecule has 1 heterocycles. The van der Waals surface area contributed by atoms with Gasteiger partial charge in [0.2, 0.25) is 0 Å². The van der Waals surface area contributed by atoms with Crippen molar-refractivity contribution in [2.45, 2.75) is 13.8 Å². The maximum atomic E-state index is 3.68. The molecule has 0 aromatic heterocycles. The van der Waals surface area contributed by atoms with E-state index in [2.05, 4.69) is 16.8 Å². The molecule has 1 aliphatic rings. The highest BCUT2D eigenvalue weighted by Crippen LogP contribution is 1.89. The SMILES string of the molecule is C=CN1CCNCC1.CC. The number of hydrogen-bond donors (Lipinski definition) is 1. The molecule has 10 heavy (non-hydrogen) atoms. The summed E-state index contributed by atoms with van der Waals surface area (Å²) in [5.41, 5.74) is 0. The number of hydrogen-bond acceptors (Lipinski definition) is 2. The summed E-state index contributed by atoms with van der Waals surface area (Å²) >= 11 is 0. The van der Waals surface area contributed by atoms with E-state index in [1.165, 1.54) is 0 Å². The molecule has 1 N–H and O–H groups in total. The third-order valence-electron chi connectivity index (χ3n) is 1.41. The van der Waals surface area contributed by atoms with Crippen LogP contribution in [0.15, 0.2) is 12.8 Å². The molecule has 0 radical (unpaired) electrons. The fourth-order valence-electron chi connectivity index (χ4n) is 0.865. The molecule has 1 saturated heterocycles. The zero-order chi connectivity index (χ0) is 7.82. The average Bonchev–Trinajstić information content (AvgIpc) is 2.10. The third kappa shape index (κ3) is 3.51. The Morgan fingerprint density at radius 3 is 2.10 bits per heavy atom. The molecule has 1 aliphatic heterocycles. The van der Waals surface area contributed by atoms with Crippen LogP contribution in [0.2, 0.25) is 0 Å². The van der Waals surface area contributed by atoms with Gasteiger partial charge in [0, 0.05) is 26.2 Å². The first-order chi connectivity index (χ1) is 4.93. The van der Waals surface area contributed by atoms with Gasteiger partial charge in [-0.15, -0.1) is 0 Å². The lowest BCUT2D eigenvalue weighted by Crippen LogP contribution is -2.40. The lowest BCUT2D eigenvalue weighted by Gasteiger charge is -2.24. The predicted octanol–water partition coefficient (Wildman–Crippen LogP) is 1.06. The molecule has 0 unspecified atom stereocenters. The lowest BCUT2D eigenvalue weighted by atomic mass is 10.4. The van der Waals surface area contributed by atoms with Crippen LogP contribution in [0.25, 0.3) is 0 Å². The number of nitrogens with zero attached hydrogens (tertiary/aromatic N) is 1. The quantitative estimate of drug-likeness (QED) is 0.589. The molecule has 0 aromatic carbocycles. The van der Waals surface area contributed by atoms with Gasteiger partial charge in [0.25, 0.3) is 0 Å². The minimum atomic E-state index is 1.10. The smallest absolute Gasteiger partial charge is 0.0298 e. The Hall–Kier alpha value is -0.500. The zero-order valence-corrected chi connectivity index (χ0v) is 7.06. The standard InChI is InChI=1S/C6H12N2.C2H6/c1-2-8-5-3-7-4-6-8;1-2/h2,7H,1,3-6H2;1-2H3. The van der Waals surface area contributed by atoms with Crippen molar-refractivity contribution in [3.63, 3.8) is 0 Å². The molecular formula is C8H18N2. The minimum absolute atomic E-state index is 1.10. The van der Waals surface area contributed by atoms with E-state index in [9.17, 15) is 0 Å². The van der Waals surface area contributed by atoms with E-state index in [0.717, 1.165) is 26.2 Å². The van der Waals surface area contributed by atoms with Crippen molar-refractivity contribution in [1.29, 1.82) is 0 Å². The van der Waals surface area contributed by atoms with Crippen molar-refractivity contribution in [3.05, 3.63) is 12.8 Å². The number of nitrogens with one attached hydrogen (secondary N) is 1. The summed E-state index contributed by atoms with van der Waals surface area (Å²) < 4.78 is 0. The molecule has 0 spiro atoms. The molecule has 60 valence electrons. The molecule has 0 atom stereocenters. The van der Waals surface area contributed by atoms with Crippen LogP contribution in [0, 0.1) is 0 Å². The Kier molecular flexibility index (Phi) is 6.29. The second-order valence-corrected chi connectivity index (χ2v) is 1.97. The van der Waals surface area contributed by atoms with E-state index in [0.29, 0.717) is 0 Å². The summed E-state index contributed by atoms with van der Waals surface area (Å²) in [6.45, 7) is 12.1. The summed E-state index contributed by atoms with van der Waals surface area (Å²) in [4.78, 5) is 2.22. The Balaban J connectivity index is 0.000000371. The van der Waals surface area contributed by atoms with Crippen molar-refractivity contribution in [2.24, 2.45) is 0 Å². The van der Waals surface area contributed by atoms with Crippen LogP contribution in [0.5, 0.6) is 0 Å². The van der Waals surface area contributed by atoms with Crippen LogP contribution in [0.1, 0.15) is 13.8 Å². The Morgan fingerprint density at radius 1 is 1.30 bits per heavy atom. The Labute approximate surface area is 63.9 Å². The molecule has 0 aliphatic carbocycles. The van der Waals surface area contributed by atoms with Crippen LogP contribution in [-0.2, 0) is 0 Å². The van der Waals surface area contributed by atoms with Gasteiger partial charge in [0.1, 0.15) is 0 Å². The van der Waals surface area contributed by atoms with Crippen molar-refractivity contribution in [2.75, 3.05) is 26.2 Å². The van der Waals surface area contributed by atoms with Gasteiger partial charge in [-0.1, -0.05) is 20.4 Å². The fraction of sp³-hybridized carbons (Fsp3) is 0.750. The zero-order valence-electron chi connectivity index (χ0n) is 7.06. The highest BCUT2D eigenvalue weighted by Gasteiger charge is 2.01. The number of rotatable bonds is 1. The maximum absolute atomic E-state index is 3.68. The molecule has 2 nitrogen and oxygen atoms in total. The average molecular weight is 142 g/mol. The van der Waals surface area contributed by atoms with E-state index in [4.69, 9.17) is 0 Å². The molecule has 1 rings (SSSR count). The highest BCUT2D eigenvalue weighted by molar-refractivity contribution is 4.75. The van der Waals surface area contributed by atoms with Gasteiger partial charge >= 0.3 is 0 Å². The van der Waals surface area contributed by atoms with Crippen LogP contribution in [0.3, 0.4) is 0 Å². The highest BCUT2D eigenvalue weighted by atomic mass is 15.2. The van der Waals surface area contributed by atoms with Crippen molar-refractivity contribution >= 4 is 0 Å². The molecule has 0 bridgehead atoms. The van der Waals surface area contributed by atoms with Crippen LogP contribution in [-0.4, -0.2) is 31.1 Å². The minimum Gasteiger partial charge on any atom is -0.375 e. The van der Waals surface area contributed by atoms with Crippen molar-refractivity contribution < 1.29 is 0 Å². The van der Waals surface area contributed by atoms with Crippen LogP contribution < -0.4 is 5.32 Å². The molecular weight excluding hydrogens is 124 g/mol.